The molecule has 100 valence electrons. The first-order valence-electron chi connectivity index (χ1n) is 6.17. The van der Waals surface area contributed by atoms with E-state index in [-0.39, 0.29) is 0 Å². The smallest absolute Gasteiger partial charge is 0.130 e. The van der Waals surface area contributed by atoms with Crippen molar-refractivity contribution >= 4 is 39.7 Å². The van der Waals surface area contributed by atoms with Crippen LogP contribution in [-0.4, -0.2) is 9.97 Å². The Morgan fingerprint density at radius 3 is 2.85 bits per heavy atom. The summed E-state index contributed by atoms with van der Waals surface area (Å²) in [5, 5.41) is 4.84. The highest BCUT2D eigenvalue weighted by atomic mass is 35.5. The zero-order valence-corrected chi connectivity index (χ0v) is 11.6. The first kappa shape index (κ1) is 12.7. The van der Waals surface area contributed by atoms with Crippen molar-refractivity contribution in [2.75, 3.05) is 11.1 Å². The average Bonchev–Trinajstić information content (AvgIpc) is 2.46. The molecule has 0 saturated heterocycles. The molecule has 0 saturated carbocycles. The van der Waals surface area contributed by atoms with Crippen LogP contribution in [0.25, 0.3) is 10.9 Å². The van der Waals surface area contributed by atoms with Crippen LogP contribution in [-0.2, 0) is 0 Å². The topological polar surface area (TPSA) is 63.8 Å². The Kier molecular flexibility index (Phi) is 3.16. The molecule has 0 bridgehead atoms. The molecule has 0 aliphatic carbocycles. The normalized spacial score (nSPS) is 10.7. The number of nitrogen functional groups attached to an aromatic ring is 1. The molecule has 0 unspecified atom stereocenters. The maximum Gasteiger partial charge on any atom is 0.130 e. The Labute approximate surface area is 121 Å². The Morgan fingerprint density at radius 2 is 2.05 bits per heavy atom. The van der Waals surface area contributed by atoms with Gasteiger partial charge >= 0.3 is 0 Å². The molecule has 0 amide bonds. The zero-order valence-electron chi connectivity index (χ0n) is 10.9. The summed E-state index contributed by atoms with van der Waals surface area (Å²) in [5.41, 5.74) is 9.11. The minimum atomic E-state index is 0.676. The zero-order chi connectivity index (χ0) is 14.1. The molecule has 20 heavy (non-hydrogen) atoms. The first-order chi connectivity index (χ1) is 9.65. The number of aromatic nitrogens is 2. The molecular formula is C15H13ClN4. The molecule has 3 rings (SSSR count). The number of aryl methyl sites for hydroxylation is 1. The maximum absolute atomic E-state index is 6.18. The molecule has 3 aromatic rings. The van der Waals surface area contributed by atoms with Gasteiger partial charge in [0.05, 0.1) is 28.1 Å². The first-order valence-corrected chi connectivity index (χ1v) is 6.55. The summed E-state index contributed by atoms with van der Waals surface area (Å²) in [4.78, 5) is 8.65. The standard InChI is InChI=1S/C15H13ClN4/c1-9-7-14(19-8-12(9)17)20-13-5-4-11(16)10-3-2-6-18-15(10)13/h2-8H,17H2,1H3,(H,19,20). The van der Waals surface area contributed by atoms with E-state index in [1.54, 1.807) is 12.4 Å². The minimum absolute atomic E-state index is 0.676. The van der Waals surface area contributed by atoms with Crippen LogP contribution >= 0.6 is 11.6 Å². The monoisotopic (exact) mass is 284 g/mol. The largest absolute Gasteiger partial charge is 0.397 e. The van der Waals surface area contributed by atoms with E-state index in [0.29, 0.717) is 10.7 Å². The van der Waals surface area contributed by atoms with Crippen LogP contribution in [0.2, 0.25) is 5.02 Å². The molecule has 0 atom stereocenters. The lowest BCUT2D eigenvalue weighted by Crippen LogP contribution is -1.98. The fraction of sp³-hybridized carbons (Fsp3) is 0.0667. The van der Waals surface area contributed by atoms with Crippen LogP contribution < -0.4 is 11.1 Å². The van der Waals surface area contributed by atoms with Crippen molar-refractivity contribution in [2.45, 2.75) is 6.92 Å². The fourth-order valence-electron chi connectivity index (χ4n) is 2.01. The van der Waals surface area contributed by atoms with Crippen LogP contribution in [0, 0.1) is 6.92 Å². The molecule has 0 radical (unpaired) electrons. The second-order valence-electron chi connectivity index (χ2n) is 4.55. The van der Waals surface area contributed by atoms with E-state index in [2.05, 4.69) is 15.3 Å². The lowest BCUT2D eigenvalue weighted by atomic mass is 10.2. The molecule has 3 N–H and O–H groups in total. The lowest BCUT2D eigenvalue weighted by Gasteiger charge is -2.10. The van der Waals surface area contributed by atoms with Gasteiger partial charge in [-0.1, -0.05) is 11.6 Å². The molecule has 2 aromatic heterocycles. The number of halogens is 1. The Bertz CT molecular complexity index is 786. The van der Waals surface area contributed by atoms with Crippen molar-refractivity contribution < 1.29 is 0 Å². The van der Waals surface area contributed by atoms with Crippen molar-refractivity contribution in [1.29, 1.82) is 0 Å². The second kappa shape index (κ2) is 4.98. The van der Waals surface area contributed by atoms with Crippen molar-refractivity contribution in [1.82, 2.24) is 9.97 Å². The summed E-state index contributed by atoms with van der Waals surface area (Å²) in [5.74, 6) is 0.728. The number of nitrogens with zero attached hydrogens (tertiary/aromatic N) is 2. The number of hydrogen-bond acceptors (Lipinski definition) is 4. The van der Waals surface area contributed by atoms with Gasteiger partial charge in [0.25, 0.3) is 0 Å². The minimum Gasteiger partial charge on any atom is -0.397 e. The van der Waals surface area contributed by atoms with Gasteiger partial charge in [-0.25, -0.2) is 4.98 Å². The van der Waals surface area contributed by atoms with Gasteiger partial charge in [-0.2, -0.15) is 0 Å². The number of benzene rings is 1. The van der Waals surface area contributed by atoms with Crippen LogP contribution in [0.15, 0.2) is 42.7 Å². The van der Waals surface area contributed by atoms with Gasteiger partial charge in [0.2, 0.25) is 0 Å². The molecule has 0 aliphatic heterocycles. The average molecular weight is 285 g/mol. The van der Waals surface area contributed by atoms with E-state index in [9.17, 15) is 0 Å². The highest BCUT2D eigenvalue weighted by Gasteiger charge is 2.07. The summed E-state index contributed by atoms with van der Waals surface area (Å²) >= 11 is 6.18. The predicted molar refractivity (Wildman–Crippen MR) is 83.4 cm³/mol. The van der Waals surface area contributed by atoms with E-state index in [0.717, 1.165) is 28.0 Å². The number of hydrogen-bond donors (Lipinski definition) is 2. The van der Waals surface area contributed by atoms with Crippen molar-refractivity contribution in [3.63, 3.8) is 0 Å². The van der Waals surface area contributed by atoms with Crippen molar-refractivity contribution in [3.05, 3.63) is 53.3 Å². The van der Waals surface area contributed by atoms with E-state index >= 15 is 0 Å². The van der Waals surface area contributed by atoms with E-state index < -0.39 is 0 Å². The molecule has 0 aliphatic rings. The van der Waals surface area contributed by atoms with Crippen molar-refractivity contribution in [3.8, 4) is 0 Å². The summed E-state index contributed by atoms with van der Waals surface area (Å²) < 4.78 is 0. The van der Waals surface area contributed by atoms with E-state index in [4.69, 9.17) is 17.3 Å². The predicted octanol–water partition coefficient (Wildman–Crippen LogP) is 3.92. The van der Waals surface area contributed by atoms with Gasteiger partial charge in [0, 0.05) is 11.6 Å². The van der Waals surface area contributed by atoms with Gasteiger partial charge in [0.1, 0.15) is 5.82 Å². The highest BCUT2D eigenvalue weighted by Crippen LogP contribution is 2.29. The van der Waals surface area contributed by atoms with Gasteiger partial charge in [-0.3, -0.25) is 4.98 Å². The van der Waals surface area contributed by atoms with Gasteiger partial charge in [-0.15, -0.1) is 0 Å². The number of nitrogens with one attached hydrogen (secondary N) is 1. The molecule has 0 spiro atoms. The Morgan fingerprint density at radius 1 is 1.20 bits per heavy atom. The molecule has 4 nitrogen and oxygen atoms in total. The lowest BCUT2D eigenvalue weighted by molar-refractivity contribution is 1.28. The highest BCUT2D eigenvalue weighted by molar-refractivity contribution is 6.35. The number of nitrogens with two attached hydrogens (primary N) is 1. The van der Waals surface area contributed by atoms with Gasteiger partial charge in [0.15, 0.2) is 0 Å². The summed E-state index contributed by atoms with van der Waals surface area (Å²) in [6.07, 6.45) is 3.38. The maximum atomic E-state index is 6.18. The number of rotatable bonds is 2. The Hall–Kier alpha value is -2.33. The molecule has 0 fully saturated rings. The van der Waals surface area contributed by atoms with Crippen LogP contribution in [0.4, 0.5) is 17.2 Å². The van der Waals surface area contributed by atoms with Crippen LogP contribution in [0.1, 0.15) is 5.56 Å². The third-order valence-corrected chi connectivity index (χ3v) is 3.46. The SMILES string of the molecule is Cc1cc(Nc2ccc(Cl)c3cccnc23)ncc1N. The third-order valence-electron chi connectivity index (χ3n) is 3.13. The second-order valence-corrected chi connectivity index (χ2v) is 4.95. The third kappa shape index (κ3) is 2.26. The van der Waals surface area contributed by atoms with Crippen LogP contribution in [0.5, 0.6) is 0 Å². The number of anilines is 3. The van der Waals surface area contributed by atoms with Gasteiger partial charge in [-0.05, 0) is 42.8 Å². The summed E-state index contributed by atoms with van der Waals surface area (Å²) in [6, 6.07) is 9.45. The summed E-state index contributed by atoms with van der Waals surface area (Å²) in [7, 11) is 0. The summed E-state index contributed by atoms with van der Waals surface area (Å²) in [6.45, 7) is 1.94. The fourth-order valence-corrected chi connectivity index (χ4v) is 2.23. The Balaban J connectivity index is 2.06. The quantitative estimate of drug-likeness (QED) is 0.749. The van der Waals surface area contributed by atoms with Crippen LogP contribution in [0.3, 0.4) is 0 Å². The van der Waals surface area contributed by atoms with E-state index in [1.165, 1.54) is 0 Å². The van der Waals surface area contributed by atoms with Gasteiger partial charge < -0.3 is 11.1 Å². The molecular weight excluding hydrogens is 272 g/mol. The van der Waals surface area contributed by atoms with E-state index in [1.807, 2.05) is 37.3 Å². The molecule has 5 heteroatoms. The number of fused-ring (bicyclic) bond motifs is 1. The molecule has 1 aromatic carbocycles. The van der Waals surface area contributed by atoms with Crippen molar-refractivity contribution in [2.24, 2.45) is 0 Å². The molecule has 2 heterocycles. The number of pyridine rings is 2.